The van der Waals surface area contributed by atoms with E-state index in [1.54, 1.807) is 6.07 Å². The zero-order valence-electron chi connectivity index (χ0n) is 23.9. The minimum absolute atomic E-state index is 0.0318. The lowest BCUT2D eigenvalue weighted by atomic mass is 9.95. The van der Waals surface area contributed by atoms with E-state index in [1.165, 1.54) is 21.1 Å². The molecular weight excluding hydrogens is 526 g/mol. The summed E-state index contributed by atoms with van der Waals surface area (Å²) in [5.74, 6) is -1.44. The number of hydrogen-bond donors (Lipinski definition) is 3. The Hall–Kier alpha value is -4.60. The summed E-state index contributed by atoms with van der Waals surface area (Å²) in [4.78, 5) is 52.0. The highest BCUT2D eigenvalue weighted by molar-refractivity contribution is 5.98. The number of nitrogens with one attached hydrogen (secondary N) is 3. The molecule has 0 aliphatic carbocycles. The minimum atomic E-state index is -1.27. The normalized spacial score (nSPS) is 13.0. The van der Waals surface area contributed by atoms with Crippen molar-refractivity contribution in [2.45, 2.75) is 51.9 Å². The van der Waals surface area contributed by atoms with Crippen LogP contribution in [0.1, 0.15) is 44.4 Å². The van der Waals surface area contributed by atoms with E-state index in [-0.39, 0.29) is 12.5 Å². The third-order valence-corrected chi connectivity index (χ3v) is 6.44. The Morgan fingerprint density at radius 2 is 1.46 bits per heavy atom. The second-order valence-electron chi connectivity index (χ2n) is 9.99. The lowest BCUT2D eigenvalue weighted by Crippen LogP contribution is -2.51. The summed E-state index contributed by atoms with van der Waals surface area (Å²) in [7, 11) is 2.71. The van der Waals surface area contributed by atoms with Crippen LogP contribution in [0.25, 0.3) is 10.8 Å². The molecule has 3 atom stereocenters. The summed E-state index contributed by atoms with van der Waals surface area (Å²) in [5.41, 5.74) is 1.20. The van der Waals surface area contributed by atoms with Crippen molar-refractivity contribution in [1.29, 1.82) is 0 Å². The second kappa shape index (κ2) is 14.7. The molecule has 10 nitrogen and oxygen atoms in total. The van der Waals surface area contributed by atoms with Crippen LogP contribution in [-0.2, 0) is 30.5 Å². The minimum Gasteiger partial charge on any atom is -0.496 e. The quantitative estimate of drug-likeness (QED) is 0.284. The van der Waals surface area contributed by atoms with Crippen molar-refractivity contribution in [2.75, 3.05) is 14.2 Å². The Kier molecular flexibility index (Phi) is 11.1. The van der Waals surface area contributed by atoms with Gasteiger partial charge in [0.2, 0.25) is 11.8 Å². The summed E-state index contributed by atoms with van der Waals surface area (Å²) in [6, 6.07) is 16.8. The second-order valence-corrected chi connectivity index (χ2v) is 9.99. The van der Waals surface area contributed by atoms with E-state index >= 15 is 0 Å². The number of benzene rings is 3. The molecule has 10 heteroatoms. The molecule has 0 radical (unpaired) electrons. The fraction of sp³-hybridized carbons (Fsp3) is 0.355. The van der Waals surface area contributed by atoms with E-state index < -0.39 is 42.0 Å². The van der Waals surface area contributed by atoms with E-state index in [0.29, 0.717) is 23.1 Å². The highest BCUT2D eigenvalue weighted by Gasteiger charge is 2.33. The predicted octanol–water partition coefficient (Wildman–Crippen LogP) is 4.02. The van der Waals surface area contributed by atoms with Gasteiger partial charge in [-0.3, -0.25) is 9.59 Å². The van der Waals surface area contributed by atoms with Crippen LogP contribution in [0.4, 0.5) is 4.79 Å². The summed E-state index contributed by atoms with van der Waals surface area (Å²) in [6.07, 6.45) is -0.459. The molecule has 0 spiro atoms. The molecule has 3 N–H and O–H groups in total. The van der Waals surface area contributed by atoms with Crippen LogP contribution in [0.5, 0.6) is 5.75 Å². The average Bonchev–Trinajstić information content (AvgIpc) is 2.97. The standard InChI is InChI=1S/C31H37N3O7/c1-19(2)17-24(30(37)40-5)33-29(36)27(26-23-14-10-9-13-22(23)15-16-25(26)39-4)34-28(35)20(3)32-31(38)41-18-21-11-7-6-8-12-21/h6-16,19-20,24,27H,17-18H2,1-5H3,(H,32,38)(H,33,36)(H,34,35)/t20-,24-,27?/m0/s1. The summed E-state index contributed by atoms with van der Waals surface area (Å²) in [6.45, 7) is 5.34. The number of carbonyl (C=O) groups is 4. The largest absolute Gasteiger partial charge is 0.496 e. The van der Waals surface area contributed by atoms with Crippen molar-refractivity contribution in [3.05, 3.63) is 77.9 Å². The van der Waals surface area contributed by atoms with Crippen LogP contribution in [-0.4, -0.2) is 50.2 Å². The van der Waals surface area contributed by atoms with Crippen molar-refractivity contribution in [1.82, 2.24) is 16.0 Å². The molecule has 3 amide bonds. The van der Waals surface area contributed by atoms with Crippen molar-refractivity contribution >= 4 is 34.6 Å². The Morgan fingerprint density at radius 3 is 2.12 bits per heavy atom. The lowest BCUT2D eigenvalue weighted by molar-refractivity contribution is -0.146. The number of amides is 3. The van der Waals surface area contributed by atoms with Gasteiger partial charge >= 0.3 is 12.1 Å². The van der Waals surface area contributed by atoms with Crippen LogP contribution in [0.15, 0.2) is 66.7 Å². The molecule has 41 heavy (non-hydrogen) atoms. The number of esters is 1. The van der Waals surface area contributed by atoms with Crippen LogP contribution >= 0.6 is 0 Å². The molecule has 0 saturated heterocycles. The van der Waals surface area contributed by atoms with Crippen LogP contribution in [0.2, 0.25) is 0 Å². The maximum Gasteiger partial charge on any atom is 0.408 e. The van der Waals surface area contributed by atoms with Crippen LogP contribution in [0.3, 0.4) is 0 Å². The van der Waals surface area contributed by atoms with Gasteiger partial charge in [-0.2, -0.15) is 0 Å². The van der Waals surface area contributed by atoms with E-state index in [4.69, 9.17) is 14.2 Å². The number of alkyl carbamates (subject to hydrolysis) is 1. The summed E-state index contributed by atoms with van der Waals surface area (Å²) < 4.78 is 15.7. The van der Waals surface area contributed by atoms with Gasteiger partial charge in [0.25, 0.3) is 0 Å². The molecular formula is C31H37N3O7. The number of methoxy groups -OCH3 is 2. The van der Waals surface area contributed by atoms with Gasteiger partial charge in [-0.1, -0.05) is 74.5 Å². The van der Waals surface area contributed by atoms with Gasteiger partial charge in [0, 0.05) is 5.56 Å². The molecule has 3 aromatic rings. The number of fused-ring (bicyclic) bond motifs is 1. The fourth-order valence-electron chi connectivity index (χ4n) is 4.38. The van der Waals surface area contributed by atoms with Crippen molar-refractivity contribution in [2.24, 2.45) is 5.92 Å². The molecule has 3 aromatic carbocycles. The molecule has 1 unspecified atom stereocenters. The molecule has 0 aliphatic heterocycles. The molecule has 3 rings (SSSR count). The summed E-state index contributed by atoms with van der Waals surface area (Å²) >= 11 is 0. The van der Waals surface area contributed by atoms with Gasteiger partial charge in [0.05, 0.1) is 14.2 Å². The van der Waals surface area contributed by atoms with Gasteiger partial charge < -0.3 is 30.2 Å². The monoisotopic (exact) mass is 563 g/mol. The molecule has 218 valence electrons. The summed E-state index contributed by atoms with van der Waals surface area (Å²) in [5, 5.41) is 9.47. The molecule has 0 aromatic heterocycles. The molecule has 0 aliphatic rings. The van der Waals surface area contributed by atoms with E-state index in [9.17, 15) is 19.2 Å². The first-order valence-electron chi connectivity index (χ1n) is 13.4. The smallest absolute Gasteiger partial charge is 0.408 e. The Morgan fingerprint density at radius 1 is 0.780 bits per heavy atom. The number of ether oxygens (including phenoxy) is 3. The SMILES string of the molecule is COC(=O)[C@H](CC(C)C)NC(=O)C(NC(=O)[C@H](C)NC(=O)OCc1ccccc1)c1c(OC)ccc2ccccc12. The Labute approximate surface area is 239 Å². The first kappa shape index (κ1) is 30.9. The molecule has 0 bridgehead atoms. The average molecular weight is 564 g/mol. The first-order valence-corrected chi connectivity index (χ1v) is 13.4. The highest BCUT2D eigenvalue weighted by Crippen LogP contribution is 2.33. The van der Waals surface area contributed by atoms with E-state index in [2.05, 4.69) is 16.0 Å². The number of carbonyl (C=O) groups excluding carboxylic acids is 4. The third-order valence-electron chi connectivity index (χ3n) is 6.44. The van der Waals surface area contributed by atoms with E-state index in [1.807, 2.05) is 74.5 Å². The predicted molar refractivity (Wildman–Crippen MR) is 154 cm³/mol. The van der Waals surface area contributed by atoms with Gasteiger partial charge in [-0.25, -0.2) is 9.59 Å². The van der Waals surface area contributed by atoms with Gasteiger partial charge in [0.15, 0.2) is 0 Å². The van der Waals surface area contributed by atoms with Gasteiger partial charge in [-0.05, 0) is 41.7 Å². The van der Waals surface area contributed by atoms with E-state index in [0.717, 1.165) is 10.9 Å². The number of rotatable bonds is 12. The maximum absolute atomic E-state index is 13.8. The first-order chi connectivity index (χ1) is 19.6. The number of hydrogen-bond acceptors (Lipinski definition) is 7. The van der Waals surface area contributed by atoms with Crippen molar-refractivity contribution in [3.63, 3.8) is 0 Å². The molecule has 0 fully saturated rings. The zero-order chi connectivity index (χ0) is 29.9. The third kappa shape index (κ3) is 8.44. The topological polar surface area (TPSA) is 132 Å². The van der Waals surface area contributed by atoms with Crippen molar-refractivity contribution in [3.8, 4) is 5.75 Å². The lowest BCUT2D eigenvalue weighted by Gasteiger charge is -2.26. The molecule has 0 saturated carbocycles. The van der Waals surface area contributed by atoms with Crippen LogP contribution in [0, 0.1) is 5.92 Å². The van der Waals surface area contributed by atoms with Gasteiger partial charge in [-0.15, -0.1) is 0 Å². The van der Waals surface area contributed by atoms with Crippen LogP contribution < -0.4 is 20.7 Å². The van der Waals surface area contributed by atoms with Gasteiger partial charge in [0.1, 0.15) is 30.5 Å². The zero-order valence-corrected chi connectivity index (χ0v) is 23.9. The Bertz CT molecular complexity index is 1360. The molecule has 0 heterocycles. The maximum atomic E-state index is 13.8. The Balaban J connectivity index is 1.88. The van der Waals surface area contributed by atoms with Crippen molar-refractivity contribution < 1.29 is 33.4 Å². The fourth-order valence-corrected chi connectivity index (χ4v) is 4.38. The highest BCUT2D eigenvalue weighted by atomic mass is 16.5.